The molecule has 2 N–H and O–H groups in total. The van der Waals surface area contributed by atoms with E-state index in [-0.39, 0.29) is 13.2 Å². The number of benzene rings is 1. The SMILES string of the molecule is COc1ccc([C@@]2(C)NC(=O)N(C[C@@H](O)COCc3cccs3)C2=O)cc1. The minimum Gasteiger partial charge on any atom is -0.497 e. The summed E-state index contributed by atoms with van der Waals surface area (Å²) in [7, 11) is 1.56. The summed E-state index contributed by atoms with van der Waals surface area (Å²) in [6.45, 7) is 1.95. The standard InChI is InChI=1S/C19H22N2O5S/c1-19(13-5-7-15(25-2)8-6-13)17(23)21(18(24)20-19)10-14(22)11-26-12-16-4-3-9-27-16/h3-9,14,22H,10-12H2,1-2H3,(H,20,24)/t14-,19-/m1/s1. The molecule has 1 aliphatic heterocycles. The number of thiophene rings is 1. The maximum Gasteiger partial charge on any atom is 0.325 e. The average molecular weight is 390 g/mol. The maximum atomic E-state index is 12.8. The Morgan fingerprint density at radius 3 is 2.63 bits per heavy atom. The number of aliphatic hydroxyl groups excluding tert-OH is 1. The highest BCUT2D eigenvalue weighted by atomic mass is 32.1. The molecule has 1 fully saturated rings. The third kappa shape index (κ3) is 4.13. The van der Waals surface area contributed by atoms with E-state index in [0.29, 0.717) is 17.9 Å². The number of urea groups is 1. The molecule has 1 aromatic carbocycles. The Kier molecular flexibility index (Phi) is 5.79. The van der Waals surface area contributed by atoms with Crippen molar-refractivity contribution in [3.8, 4) is 5.75 Å². The largest absolute Gasteiger partial charge is 0.497 e. The molecule has 0 radical (unpaired) electrons. The van der Waals surface area contributed by atoms with Gasteiger partial charge in [0.15, 0.2) is 0 Å². The zero-order valence-electron chi connectivity index (χ0n) is 15.2. The van der Waals surface area contributed by atoms with Crippen LogP contribution >= 0.6 is 11.3 Å². The van der Waals surface area contributed by atoms with E-state index in [9.17, 15) is 14.7 Å². The Balaban J connectivity index is 1.60. The summed E-state index contributed by atoms with van der Waals surface area (Å²) in [5.74, 6) is 0.254. The Hall–Kier alpha value is -2.42. The molecular formula is C19H22N2O5S. The Bertz CT molecular complexity index is 793. The molecule has 2 heterocycles. The van der Waals surface area contributed by atoms with Gasteiger partial charge in [0.25, 0.3) is 5.91 Å². The number of amides is 3. The van der Waals surface area contributed by atoms with Crippen LogP contribution in [0.15, 0.2) is 41.8 Å². The van der Waals surface area contributed by atoms with E-state index < -0.39 is 23.6 Å². The van der Waals surface area contributed by atoms with Gasteiger partial charge in [0.1, 0.15) is 11.3 Å². The lowest BCUT2D eigenvalue weighted by Crippen LogP contribution is -2.42. The first kappa shape index (κ1) is 19.3. The number of carbonyl (C=O) groups is 2. The highest BCUT2D eigenvalue weighted by molar-refractivity contribution is 7.09. The van der Waals surface area contributed by atoms with Gasteiger partial charge >= 0.3 is 6.03 Å². The summed E-state index contributed by atoms with van der Waals surface area (Å²) in [5.41, 5.74) is -0.534. The number of imide groups is 1. The topological polar surface area (TPSA) is 88.1 Å². The summed E-state index contributed by atoms with van der Waals surface area (Å²) in [5, 5.41) is 14.8. The van der Waals surface area contributed by atoms with E-state index in [1.807, 2.05) is 17.5 Å². The zero-order chi connectivity index (χ0) is 19.4. The summed E-state index contributed by atoms with van der Waals surface area (Å²) in [4.78, 5) is 27.2. The molecule has 144 valence electrons. The maximum absolute atomic E-state index is 12.8. The third-order valence-corrected chi connectivity index (χ3v) is 5.32. The number of nitrogens with zero attached hydrogens (tertiary/aromatic N) is 1. The second-order valence-electron chi connectivity index (χ2n) is 6.45. The van der Waals surface area contributed by atoms with Crippen LogP contribution in [0.25, 0.3) is 0 Å². The summed E-state index contributed by atoms with van der Waals surface area (Å²) < 4.78 is 10.6. The van der Waals surface area contributed by atoms with Crippen LogP contribution in [-0.4, -0.2) is 48.3 Å². The van der Waals surface area contributed by atoms with Crippen LogP contribution in [0.3, 0.4) is 0 Å². The fourth-order valence-electron chi connectivity index (χ4n) is 2.94. The molecule has 0 saturated carbocycles. The third-order valence-electron chi connectivity index (χ3n) is 4.47. The van der Waals surface area contributed by atoms with Crippen molar-refractivity contribution < 1.29 is 24.2 Å². The summed E-state index contributed by atoms with van der Waals surface area (Å²) in [6, 6.07) is 10.3. The predicted octanol–water partition coefficient (Wildman–Crippen LogP) is 2.10. The van der Waals surface area contributed by atoms with Gasteiger partial charge in [0.2, 0.25) is 0 Å². The van der Waals surface area contributed by atoms with E-state index in [2.05, 4.69) is 5.32 Å². The van der Waals surface area contributed by atoms with Gasteiger partial charge in [-0.05, 0) is 36.1 Å². The number of nitrogens with one attached hydrogen (secondary N) is 1. The minimum atomic E-state index is -1.18. The van der Waals surface area contributed by atoms with Crippen LogP contribution in [0.4, 0.5) is 4.79 Å². The summed E-state index contributed by atoms with van der Waals surface area (Å²) in [6.07, 6.45) is -0.960. The lowest BCUT2D eigenvalue weighted by atomic mass is 9.92. The second kappa shape index (κ2) is 8.08. The van der Waals surface area contributed by atoms with E-state index in [1.165, 1.54) is 0 Å². The van der Waals surface area contributed by atoms with E-state index in [1.54, 1.807) is 49.6 Å². The quantitative estimate of drug-likeness (QED) is 0.674. The van der Waals surface area contributed by atoms with Crippen molar-refractivity contribution in [2.24, 2.45) is 0 Å². The van der Waals surface area contributed by atoms with E-state index >= 15 is 0 Å². The van der Waals surface area contributed by atoms with Gasteiger partial charge in [-0.3, -0.25) is 9.69 Å². The molecule has 1 saturated heterocycles. The zero-order valence-corrected chi connectivity index (χ0v) is 16.0. The van der Waals surface area contributed by atoms with Gasteiger partial charge in [-0.1, -0.05) is 18.2 Å². The fraction of sp³-hybridized carbons (Fsp3) is 0.368. The molecule has 3 amide bonds. The van der Waals surface area contributed by atoms with Crippen LogP contribution in [0, 0.1) is 0 Å². The molecule has 27 heavy (non-hydrogen) atoms. The van der Waals surface area contributed by atoms with Crippen molar-refractivity contribution in [2.45, 2.75) is 25.2 Å². The van der Waals surface area contributed by atoms with E-state index in [4.69, 9.17) is 9.47 Å². The first-order valence-corrected chi connectivity index (χ1v) is 9.39. The molecule has 1 aliphatic rings. The summed E-state index contributed by atoms with van der Waals surface area (Å²) >= 11 is 1.56. The number of methoxy groups -OCH3 is 1. The normalized spacial score (nSPS) is 20.6. The molecule has 0 spiro atoms. The monoisotopic (exact) mass is 390 g/mol. The molecule has 1 aromatic heterocycles. The van der Waals surface area contributed by atoms with Gasteiger partial charge in [-0.2, -0.15) is 0 Å². The first-order chi connectivity index (χ1) is 12.9. The van der Waals surface area contributed by atoms with Crippen molar-refractivity contribution in [3.05, 3.63) is 52.2 Å². The van der Waals surface area contributed by atoms with E-state index in [0.717, 1.165) is 9.78 Å². The fourth-order valence-corrected chi connectivity index (χ4v) is 3.58. The molecule has 0 unspecified atom stereocenters. The van der Waals surface area contributed by atoms with Crippen molar-refractivity contribution in [2.75, 3.05) is 20.3 Å². The average Bonchev–Trinajstić information content (AvgIpc) is 3.25. The highest BCUT2D eigenvalue weighted by Crippen LogP contribution is 2.30. The lowest BCUT2D eigenvalue weighted by Gasteiger charge is -2.23. The molecule has 3 rings (SSSR count). The molecule has 0 aliphatic carbocycles. The van der Waals surface area contributed by atoms with Gasteiger partial charge in [0, 0.05) is 4.88 Å². The number of β-amino-alcohol motifs (C(OH)–C–C–N with tert-alkyl or cyclic N) is 1. The molecule has 7 nitrogen and oxygen atoms in total. The van der Waals surface area contributed by atoms with Gasteiger partial charge in [-0.15, -0.1) is 11.3 Å². The molecule has 2 aromatic rings. The Morgan fingerprint density at radius 1 is 1.26 bits per heavy atom. The Labute approximate surface area is 161 Å². The molecule has 8 heteroatoms. The number of aliphatic hydroxyl groups is 1. The highest BCUT2D eigenvalue weighted by Gasteiger charge is 2.49. The van der Waals surface area contributed by atoms with Crippen molar-refractivity contribution in [1.29, 1.82) is 0 Å². The molecule has 2 atom stereocenters. The van der Waals surface area contributed by atoms with Crippen molar-refractivity contribution in [3.63, 3.8) is 0 Å². The van der Waals surface area contributed by atoms with Crippen molar-refractivity contribution in [1.82, 2.24) is 10.2 Å². The predicted molar refractivity (Wildman–Crippen MR) is 101 cm³/mol. The van der Waals surface area contributed by atoms with Crippen LogP contribution in [0.1, 0.15) is 17.4 Å². The van der Waals surface area contributed by atoms with Crippen LogP contribution < -0.4 is 10.1 Å². The van der Waals surface area contributed by atoms with Crippen LogP contribution in [0.5, 0.6) is 5.75 Å². The number of carbonyl (C=O) groups excluding carboxylic acids is 2. The number of rotatable bonds is 8. The second-order valence-corrected chi connectivity index (χ2v) is 7.48. The number of ether oxygens (including phenoxy) is 2. The number of hydrogen-bond acceptors (Lipinski definition) is 6. The van der Waals surface area contributed by atoms with Crippen LogP contribution in [-0.2, 0) is 21.7 Å². The number of hydrogen-bond donors (Lipinski definition) is 2. The van der Waals surface area contributed by atoms with Crippen LogP contribution in [0.2, 0.25) is 0 Å². The molecule has 0 bridgehead atoms. The van der Waals surface area contributed by atoms with Gasteiger partial charge in [0.05, 0.1) is 33.0 Å². The Morgan fingerprint density at radius 2 is 2.00 bits per heavy atom. The lowest BCUT2D eigenvalue weighted by molar-refractivity contribution is -0.132. The smallest absolute Gasteiger partial charge is 0.325 e. The van der Waals surface area contributed by atoms with Gasteiger partial charge in [-0.25, -0.2) is 4.79 Å². The van der Waals surface area contributed by atoms with Gasteiger partial charge < -0.3 is 19.9 Å². The molecular weight excluding hydrogens is 368 g/mol. The first-order valence-electron chi connectivity index (χ1n) is 8.51. The minimum absolute atomic E-state index is 0.0359. The van der Waals surface area contributed by atoms with Crippen molar-refractivity contribution >= 4 is 23.3 Å².